The second-order valence-corrected chi connectivity index (χ2v) is 4.26. The summed E-state index contributed by atoms with van der Waals surface area (Å²) in [6, 6.07) is 1.66. The second kappa shape index (κ2) is 3.80. The standard InChI is InChI=1S/C11H12N5O/c1-16-5-4-8(15-16)11(17)12-10-6-9(13-14-10)7-2-3-7/h4-7H,2-3H2,1H3,(H,12,14,17). The largest absolute Gasteiger partial charge is 0.307 e. The van der Waals surface area contributed by atoms with Gasteiger partial charge in [-0.25, -0.2) is 0 Å². The van der Waals surface area contributed by atoms with Gasteiger partial charge in [-0.15, -0.1) is 5.10 Å². The minimum Gasteiger partial charge on any atom is -0.307 e. The van der Waals surface area contributed by atoms with E-state index in [1.165, 1.54) is 12.8 Å². The third kappa shape index (κ3) is 2.11. The van der Waals surface area contributed by atoms with Gasteiger partial charge in [0.1, 0.15) is 5.84 Å². The number of amides is 1. The fraction of sp³-hybridized carbons (Fsp3) is 0.364. The van der Waals surface area contributed by atoms with Crippen LogP contribution in [0.25, 0.3) is 0 Å². The highest BCUT2D eigenvalue weighted by atomic mass is 16.2. The molecule has 6 nitrogen and oxygen atoms in total. The summed E-state index contributed by atoms with van der Waals surface area (Å²) in [5, 5.41) is 14.7. The van der Waals surface area contributed by atoms with Crippen LogP contribution in [-0.2, 0) is 7.05 Å². The number of aryl methyl sites for hydroxylation is 1. The van der Waals surface area contributed by atoms with Crippen molar-refractivity contribution in [1.82, 2.24) is 15.1 Å². The lowest BCUT2D eigenvalue weighted by Crippen LogP contribution is -2.31. The van der Waals surface area contributed by atoms with Crippen LogP contribution in [0.15, 0.2) is 22.5 Å². The van der Waals surface area contributed by atoms with Gasteiger partial charge in [0.05, 0.1) is 12.1 Å². The first kappa shape index (κ1) is 10.2. The van der Waals surface area contributed by atoms with Gasteiger partial charge in [0.2, 0.25) is 0 Å². The predicted octanol–water partition coefficient (Wildman–Crippen LogP) is 0.532. The smallest absolute Gasteiger partial charge is 0.277 e. The molecule has 1 aliphatic heterocycles. The Morgan fingerprint density at radius 3 is 2.94 bits per heavy atom. The van der Waals surface area contributed by atoms with Crippen molar-refractivity contribution in [3.8, 4) is 0 Å². The molecule has 0 aromatic carbocycles. The fourth-order valence-electron chi connectivity index (χ4n) is 1.67. The summed E-state index contributed by atoms with van der Waals surface area (Å²) in [4.78, 5) is 11.8. The Bertz CT molecular complexity index is 524. The molecule has 1 saturated carbocycles. The van der Waals surface area contributed by atoms with Crippen molar-refractivity contribution in [1.29, 1.82) is 0 Å². The molecular weight excluding hydrogens is 218 g/mol. The molecule has 0 spiro atoms. The SMILES string of the molecule is Cn1ccc(C(=O)NC2=NN=C(C3CC3)[CH]2)n1. The van der Waals surface area contributed by atoms with Crippen molar-refractivity contribution in [2.24, 2.45) is 23.2 Å². The summed E-state index contributed by atoms with van der Waals surface area (Å²) >= 11 is 0. The molecule has 1 N–H and O–H groups in total. The van der Waals surface area contributed by atoms with Crippen molar-refractivity contribution in [2.45, 2.75) is 12.8 Å². The maximum atomic E-state index is 11.8. The number of aromatic nitrogens is 2. The predicted molar refractivity (Wildman–Crippen MR) is 62.6 cm³/mol. The number of hydrogen-bond acceptors (Lipinski definition) is 4. The van der Waals surface area contributed by atoms with Crippen LogP contribution >= 0.6 is 0 Å². The number of carbonyl (C=O) groups is 1. The summed E-state index contributed by atoms with van der Waals surface area (Å²) in [6.45, 7) is 0. The average molecular weight is 230 g/mol. The second-order valence-electron chi connectivity index (χ2n) is 4.26. The molecule has 2 aliphatic rings. The number of hydrogen-bond donors (Lipinski definition) is 1. The van der Waals surface area contributed by atoms with Crippen molar-refractivity contribution in [2.75, 3.05) is 0 Å². The normalized spacial score (nSPS) is 18.9. The van der Waals surface area contributed by atoms with Gasteiger partial charge < -0.3 is 5.32 Å². The molecule has 17 heavy (non-hydrogen) atoms. The molecule has 1 fully saturated rings. The first-order valence-electron chi connectivity index (χ1n) is 5.53. The van der Waals surface area contributed by atoms with E-state index in [0.29, 0.717) is 17.4 Å². The first-order valence-corrected chi connectivity index (χ1v) is 5.53. The highest BCUT2D eigenvalue weighted by Gasteiger charge is 2.31. The molecule has 0 unspecified atom stereocenters. The topological polar surface area (TPSA) is 71.6 Å². The molecule has 1 amide bonds. The minimum atomic E-state index is -0.257. The van der Waals surface area contributed by atoms with Gasteiger partial charge in [0.15, 0.2) is 5.69 Å². The van der Waals surface area contributed by atoms with Crippen molar-refractivity contribution in [3.63, 3.8) is 0 Å². The van der Waals surface area contributed by atoms with E-state index in [1.54, 1.807) is 24.0 Å². The Labute approximate surface area is 98.4 Å². The lowest BCUT2D eigenvalue weighted by molar-refractivity contribution is 0.0971. The zero-order valence-electron chi connectivity index (χ0n) is 9.42. The zero-order chi connectivity index (χ0) is 11.8. The maximum Gasteiger partial charge on any atom is 0.277 e. The van der Waals surface area contributed by atoms with Crippen LogP contribution in [0, 0.1) is 12.3 Å². The minimum absolute atomic E-state index is 0.257. The Morgan fingerprint density at radius 1 is 1.47 bits per heavy atom. The van der Waals surface area contributed by atoms with Gasteiger partial charge >= 0.3 is 0 Å². The van der Waals surface area contributed by atoms with Crippen molar-refractivity contribution in [3.05, 3.63) is 24.4 Å². The Balaban J connectivity index is 1.60. The van der Waals surface area contributed by atoms with Gasteiger partial charge in [-0.3, -0.25) is 9.48 Å². The monoisotopic (exact) mass is 230 g/mol. The summed E-state index contributed by atoms with van der Waals surface area (Å²) in [6.07, 6.45) is 5.90. The molecule has 1 aliphatic carbocycles. The zero-order valence-corrected chi connectivity index (χ0v) is 9.42. The molecule has 0 atom stereocenters. The van der Waals surface area contributed by atoms with Crippen LogP contribution in [-0.4, -0.2) is 27.2 Å². The molecule has 1 aromatic heterocycles. The highest BCUT2D eigenvalue weighted by Crippen LogP contribution is 2.32. The third-order valence-corrected chi connectivity index (χ3v) is 2.74. The fourth-order valence-corrected chi connectivity index (χ4v) is 1.67. The van der Waals surface area contributed by atoms with E-state index < -0.39 is 0 Å². The van der Waals surface area contributed by atoms with Crippen LogP contribution in [0.4, 0.5) is 0 Å². The molecule has 1 aromatic rings. The number of amidine groups is 1. The maximum absolute atomic E-state index is 11.8. The third-order valence-electron chi connectivity index (χ3n) is 2.74. The van der Waals surface area contributed by atoms with Crippen LogP contribution in [0.3, 0.4) is 0 Å². The number of carbonyl (C=O) groups excluding carboxylic acids is 1. The lowest BCUT2D eigenvalue weighted by Gasteiger charge is -2.01. The van der Waals surface area contributed by atoms with E-state index in [9.17, 15) is 4.79 Å². The Kier molecular flexibility index (Phi) is 2.28. The van der Waals surface area contributed by atoms with Crippen molar-refractivity contribution >= 4 is 17.5 Å². The van der Waals surface area contributed by atoms with E-state index in [2.05, 4.69) is 20.6 Å². The summed E-state index contributed by atoms with van der Waals surface area (Å²) in [5.74, 6) is 0.790. The van der Waals surface area contributed by atoms with E-state index in [4.69, 9.17) is 0 Å². The molecule has 0 bridgehead atoms. The summed E-state index contributed by atoms with van der Waals surface area (Å²) in [7, 11) is 1.77. The number of nitrogens with one attached hydrogen (secondary N) is 1. The summed E-state index contributed by atoms with van der Waals surface area (Å²) in [5.41, 5.74) is 1.35. The van der Waals surface area contributed by atoms with Crippen LogP contribution < -0.4 is 5.32 Å². The van der Waals surface area contributed by atoms with Crippen LogP contribution in [0.2, 0.25) is 0 Å². The van der Waals surface area contributed by atoms with Crippen molar-refractivity contribution < 1.29 is 4.79 Å². The van der Waals surface area contributed by atoms with E-state index in [0.717, 1.165) is 5.71 Å². The Morgan fingerprint density at radius 2 is 2.29 bits per heavy atom. The van der Waals surface area contributed by atoms with Gasteiger partial charge in [-0.1, -0.05) is 0 Å². The quantitative estimate of drug-likeness (QED) is 0.805. The van der Waals surface area contributed by atoms with Crippen LogP contribution in [0.1, 0.15) is 23.3 Å². The Hall–Kier alpha value is -1.98. The molecule has 0 saturated heterocycles. The van der Waals surface area contributed by atoms with Gasteiger partial charge in [0.25, 0.3) is 5.91 Å². The lowest BCUT2D eigenvalue weighted by atomic mass is 10.2. The van der Waals surface area contributed by atoms with Crippen LogP contribution in [0.5, 0.6) is 0 Å². The molecule has 6 heteroatoms. The first-order chi connectivity index (χ1) is 8.22. The number of rotatable bonds is 2. The molecule has 2 heterocycles. The van der Waals surface area contributed by atoms with Gasteiger partial charge in [0, 0.05) is 13.2 Å². The molecular formula is C11H12N5O. The molecule has 87 valence electrons. The van der Waals surface area contributed by atoms with E-state index in [-0.39, 0.29) is 5.91 Å². The average Bonchev–Trinajstić information content (AvgIpc) is 2.90. The highest BCUT2D eigenvalue weighted by molar-refractivity contribution is 6.22. The van der Waals surface area contributed by atoms with Gasteiger partial charge in [-0.05, 0) is 24.8 Å². The molecule has 3 rings (SSSR count). The summed E-state index contributed by atoms with van der Waals surface area (Å²) < 4.78 is 1.58. The number of nitrogens with zero attached hydrogens (tertiary/aromatic N) is 4. The van der Waals surface area contributed by atoms with E-state index >= 15 is 0 Å². The van der Waals surface area contributed by atoms with E-state index in [1.807, 2.05) is 6.42 Å². The van der Waals surface area contributed by atoms with Gasteiger partial charge in [-0.2, -0.15) is 10.2 Å². The molecule has 1 radical (unpaired) electrons.